The summed E-state index contributed by atoms with van der Waals surface area (Å²) in [7, 11) is 0. The van der Waals surface area contributed by atoms with Gasteiger partial charge in [-0.3, -0.25) is 5.10 Å². The zero-order valence-electron chi connectivity index (χ0n) is 16.0. The summed E-state index contributed by atoms with van der Waals surface area (Å²) in [6.45, 7) is 6.05. The lowest BCUT2D eigenvalue weighted by Gasteiger charge is -2.33. The van der Waals surface area contributed by atoms with Gasteiger partial charge in [0, 0.05) is 55.4 Å². The molecule has 2 aliphatic rings. The van der Waals surface area contributed by atoms with E-state index in [1.165, 1.54) is 18.5 Å². The number of hydrogen-bond acceptors (Lipinski definition) is 3. The van der Waals surface area contributed by atoms with E-state index in [1.807, 2.05) is 23.1 Å². The van der Waals surface area contributed by atoms with Crippen LogP contribution in [-0.2, 0) is 0 Å². The Morgan fingerprint density at radius 2 is 2.04 bits per heavy atom. The smallest absolute Gasteiger partial charge is 0.321 e. The molecule has 2 fully saturated rings. The minimum absolute atomic E-state index is 0.0105. The third-order valence-corrected chi connectivity index (χ3v) is 5.92. The van der Waals surface area contributed by atoms with Crippen LogP contribution < -0.4 is 10.2 Å². The highest BCUT2D eigenvalue weighted by molar-refractivity contribution is 5.90. The van der Waals surface area contributed by atoms with Crippen LogP contribution in [0.4, 0.5) is 16.2 Å². The number of rotatable bonds is 3. The van der Waals surface area contributed by atoms with Gasteiger partial charge < -0.3 is 15.1 Å². The van der Waals surface area contributed by atoms with Crippen LogP contribution in [0.1, 0.15) is 44.2 Å². The second kappa shape index (κ2) is 8.03. The third kappa shape index (κ3) is 4.26. The van der Waals surface area contributed by atoms with Crippen molar-refractivity contribution in [2.24, 2.45) is 5.92 Å². The summed E-state index contributed by atoms with van der Waals surface area (Å²) in [5, 5.41) is 10.2. The Kier molecular flexibility index (Phi) is 5.32. The molecule has 6 heteroatoms. The monoisotopic (exact) mass is 367 g/mol. The molecular formula is C21H29N5O. The van der Waals surface area contributed by atoms with Gasteiger partial charge in [0.15, 0.2) is 0 Å². The first-order valence-corrected chi connectivity index (χ1v) is 10.1. The van der Waals surface area contributed by atoms with Crippen LogP contribution in [0.3, 0.4) is 0 Å². The van der Waals surface area contributed by atoms with Crippen LogP contribution >= 0.6 is 0 Å². The number of benzene rings is 1. The first-order chi connectivity index (χ1) is 13.2. The quantitative estimate of drug-likeness (QED) is 0.860. The summed E-state index contributed by atoms with van der Waals surface area (Å²) in [6, 6.07) is 10.3. The fraction of sp³-hybridized carbons (Fsp3) is 0.524. The van der Waals surface area contributed by atoms with E-state index >= 15 is 0 Å². The van der Waals surface area contributed by atoms with E-state index in [0.29, 0.717) is 5.92 Å². The standard InChI is InChI=1S/C21H29N5O/c1-16-8-12-25(13-9-16)19-6-2-5-18(14-19)23-21(27)26-11-3-4-17(15-26)20-7-10-22-24-20/h2,5-7,10,14,16-17H,3-4,8-9,11-13,15H2,1H3,(H,22,24)(H,23,27)/t17-/m0/s1. The van der Waals surface area contributed by atoms with Crippen LogP contribution in [0.2, 0.25) is 0 Å². The SMILES string of the molecule is CC1CCN(c2cccc(NC(=O)N3CCC[C@H](c4ccn[nH]4)C3)c2)CC1. The zero-order valence-corrected chi connectivity index (χ0v) is 16.0. The summed E-state index contributed by atoms with van der Waals surface area (Å²) < 4.78 is 0. The number of anilines is 2. The van der Waals surface area contributed by atoms with E-state index in [2.05, 4.69) is 39.5 Å². The Hall–Kier alpha value is -2.50. The number of likely N-dealkylation sites (tertiary alicyclic amines) is 1. The van der Waals surface area contributed by atoms with Gasteiger partial charge in [-0.1, -0.05) is 13.0 Å². The number of carbonyl (C=O) groups excluding carboxylic acids is 1. The van der Waals surface area contributed by atoms with Gasteiger partial charge in [0.05, 0.1) is 0 Å². The van der Waals surface area contributed by atoms with Crippen LogP contribution in [-0.4, -0.2) is 47.3 Å². The Balaban J connectivity index is 1.38. The number of hydrogen-bond donors (Lipinski definition) is 2. The molecule has 0 bridgehead atoms. The van der Waals surface area contributed by atoms with Gasteiger partial charge in [0.1, 0.15) is 0 Å². The molecule has 2 aliphatic heterocycles. The van der Waals surface area contributed by atoms with Gasteiger partial charge in [-0.25, -0.2) is 4.79 Å². The molecule has 3 heterocycles. The van der Waals surface area contributed by atoms with Gasteiger partial charge >= 0.3 is 6.03 Å². The summed E-state index contributed by atoms with van der Waals surface area (Å²) in [6.07, 6.45) is 6.36. The highest BCUT2D eigenvalue weighted by Crippen LogP contribution is 2.27. The molecule has 0 radical (unpaired) electrons. The molecule has 0 aliphatic carbocycles. The van der Waals surface area contributed by atoms with E-state index in [0.717, 1.165) is 56.3 Å². The normalized spacial score (nSPS) is 21.3. The molecule has 2 saturated heterocycles. The number of nitrogens with zero attached hydrogens (tertiary/aromatic N) is 3. The van der Waals surface area contributed by atoms with Crippen molar-refractivity contribution >= 4 is 17.4 Å². The lowest BCUT2D eigenvalue weighted by Crippen LogP contribution is -2.41. The van der Waals surface area contributed by atoms with Gasteiger partial charge in [-0.2, -0.15) is 5.10 Å². The van der Waals surface area contributed by atoms with Gasteiger partial charge in [0.25, 0.3) is 0 Å². The van der Waals surface area contributed by atoms with E-state index in [-0.39, 0.29) is 6.03 Å². The number of H-pyrrole nitrogens is 1. The Labute approximate surface area is 160 Å². The lowest BCUT2D eigenvalue weighted by molar-refractivity contribution is 0.192. The summed E-state index contributed by atoms with van der Waals surface area (Å²) in [5.74, 6) is 1.15. The number of urea groups is 1. The molecular weight excluding hydrogens is 338 g/mol. The van der Waals surface area contributed by atoms with Crippen molar-refractivity contribution in [1.29, 1.82) is 0 Å². The molecule has 1 atom stereocenters. The number of aromatic amines is 1. The fourth-order valence-corrected chi connectivity index (χ4v) is 4.16. The van der Waals surface area contributed by atoms with Crippen molar-refractivity contribution in [3.05, 3.63) is 42.2 Å². The van der Waals surface area contributed by atoms with Crippen molar-refractivity contribution in [2.45, 2.75) is 38.5 Å². The Morgan fingerprint density at radius 1 is 1.19 bits per heavy atom. The average molecular weight is 367 g/mol. The molecule has 0 spiro atoms. The topological polar surface area (TPSA) is 64.3 Å². The van der Waals surface area contributed by atoms with Crippen LogP contribution in [0.5, 0.6) is 0 Å². The molecule has 4 rings (SSSR count). The van der Waals surface area contributed by atoms with E-state index < -0.39 is 0 Å². The van der Waals surface area contributed by atoms with Gasteiger partial charge in [-0.05, 0) is 55.9 Å². The highest BCUT2D eigenvalue weighted by atomic mass is 16.2. The molecule has 1 aromatic carbocycles. The summed E-state index contributed by atoms with van der Waals surface area (Å²) >= 11 is 0. The molecule has 144 valence electrons. The molecule has 2 aromatic rings. The van der Waals surface area contributed by atoms with Crippen molar-refractivity contribution in [1.82, 2.24) is 15.1 Å². The lowest BCUT2D eigenvalue weighted by atomic mass is 9.95. The van der Waals surface area contributed by atoms with Gasteiger partial charge in [-0.15, -0.1) is 0 Å². The number of carbonyl (C=O) groups is 1. The number of piperidine rings is 2. The predicted octanol–water partition coefficient (Wildman–Crippen LogP) is 4.06. The zero-order chi connectivity index (χ0) is 18.6. The molecule has 1 aromatic heterocycles. The maximum absolute atomic E-state index is 12.8. The molecule has 0 unspecified atom stereocenters. The minimum Gasteiger partial charge on any atom is -0.371 e. The average Bonchev–Trinajstić information content (AvgIpc) is 3.24. The maximum atomic E-state index is 12.8. The van der Waals surface area contributed by atoms with E-state index in [4.69, 9.17) is 0 Å². The fourth-order valence-electron chi connectivity index (χ4n) is 4.16. The number of aromatic nitrogens is 2. The Morgan fingerprint density at radius 3 is 2.81 bits per heavy atom. The van der Waals surface area contributed by atoms with Crippen molar-refractivity contribution in [3.8, 4) is 0 Å². The first-order valence-electron chi connectivity index (χ1n) is 10.1. The maximum Gasteiger partial charge on any atom is 0.321 e. The second-order valence-electron chi connectivity index (χ2n) is 7.95. The third-order valence-electron chi connectivity index (χ3n) is 5.92. The van der Waals surface area contributed by atoms with E-state index in [1.54, 1.807) is 6.20 Å². The highest BCUT2D eigenvalue weighted by Gasteiger charge is 2.25. The van der Waals surface area contributed by atoms with Crippen LogP contribution in [0.25, 0.3) is 0 Å². The molecule has 0 saturated carbocycles. The van der Waals surface area contributed by atoms with Crippen molar-refractivity contribution in [2.75, 3.05) is 36.4 Å². The molecule has 2 amide bonds. The number of nitrogens with one attached hydrogen (secondary N) is 2. The Bertz CT molecular complexity index is 752. The van der Waals surface area contributed by atoms with Gasteiger partial charge in [0.2, 0.25) is 0 Å². The molecule has 2 N–H and O–H groups in total. The minimum atomic E-state index is -0.0105. The van der Waals surface area contributed by atoms with Crippen molar-refractivity contribution in [3.63, 3.8) is 0 Å². The van der Waals surface area contributed by atoms with E-state index in [9.17, 15) is 4.79 Å². The second-order valence-corrected chi connectivity index (χ2v) is 7.95. The summed E-state index contributed by atoms with van der Waals surface area (Å²) in [4.78, 5) is 17.1. The summed E-state index contributed by atoms with van der Waals surface area (Å²) in [5.41, 5.74) is 3.20. The molecule has 27 heavy (non-hydrogen) atoms. The number of amides is 2. The predicted molar refractivity (Wildman–Crippen MR) is 108 cm³/mol. The van der Waals surface area contributed by atoms with Crippen molar-refractivity contribution < 1.29 is 4.79 Å². The van der Waals surface area contributed by atoms with Crippen LogP contribution in [0.15, 0.2) is 36.5 Å². The first kappa shape index (κ1) is 17.9. The largest absolute Gasteiger partial charge is 0.371 e. The molecule has 6 nitrogen and oxygen atoms in total. The van der Waals surface area contributed by atoms with Crippen LogP contribution in [0, 0.1) is 5.92 Å².